The molecule has 3 N–H and O–H groups in total. The van der Waals surface area contributed by atoms with Crippen LogP contribution >= 0.6 is 0 Å². The molecule has 0 unspecified atom stereocenters. The Bertz CT molecular complexity index is 205. The van der Waals surface area contributed by atoms with E-state index >= 15 is 0 Å². The first-order valence-corrected chi connectivity index (χ1v) is 4.12. The average Bonchev–Trinajstić information content (AvgIpc) is 2.37. The van der Waals surface area contributed by atoms with Crippen LogP contribution in [-0.4, -0.2) is 9.97 Å². The van der Waals surface area contributed by atoms with Gasteiger partial charge in [-0.1, -0.05) is 19.8 Å². The van der Waals surface area contributed by atoms with Crippen molar-refractivity contribution in [1.29, 1.82) is 0 Å². The van der Waals surface area contributed by atoms with Crippen molar-refractivity contribution in [2.24, 2.45) is 0 Å². The fourth-order valence-corrected chi connectivity index (χ4v) is 1.08. The molecule has 1 aromatic heterocycles. The summed E-state index contributed by atoms with van der Waals surface area (Å²) in [7, 11) is 0. The molecule has 1 aromatic rings. The lowest BCUT2D eigenvalue weighted by Gasteiger charge is -1.96. The van der Waals surface area contributed by atoms with Crippen LogP contribution < -0.4 is 5.73 Å². The second-order valence-electron chi connectivity index (χ2n) is 2.72. The smallest absolute Gasteiger partial charge is 0.144 e. The third-order valence-electron chi connectivity index (χ3n) is 1.78. The molecule has 0 bridgehead atoms. The number of anilines is 1. The van der Waals surface area contributed by atoms with Crippen molar-refractivity contribution in [3.05, 3.63) is 12.0 Å². The molecule has 0 aliphatic heterocycles. The summed E-state index contributed by atoms with van der Waals surface area (Å²) in [5.74, 6) is 0.654. The van der Waals surface area contributed by atoms with Crippen molar-refractivity contribution in [2.75, 3.05) is 5.73 Å². The number of hydrogen-bond donors (Lipinski definition) is 2. The van der Waals surface area contributed by atoms with Gasteiger partial charge in [0.15, 0.2) is 0 Å². The summed E-state index contributed by atoms with van der Waals surface area (Å²) in [6.07, 6.45) is 6.38. The fraction of sp³-hybridized carbons (Fsp3) is 0.625. The Morgan fingerprint density at radius 2 is 2.36 bits per heavy atom. The van der Waals surface area contributed by atoms with Gasteiger partial charge in [-0.2, -0.15) is 0 Å². The minimum absolute atomic E-state index is 0.654. The van der Waals surface area contributed by atoms with E-state index in [1.54, 1.807) is 6.33 Å². The summed E-state index contributed by atoms with van der Waals surface area (Å²) >= 11 is 0. The van der Waals surface area contributed by atoms with Gasteiger partial charge in [0.2, 0.25) is 0 Å². The number of aromatic amines is 1. The number of aryl methyl sites for hydroxylation is 1. The standard InChI is InChI=1S/C8H15N3/c1-2-3-4-5-7-8(9)11-6-10-7/h6H,2-5,9H2,1H3,(H,10,11). The molecule has 62 valence electrons. The molecule has 0 aliphatic carbocycles. The number of nitrogen functional groups attached to an aromatic ring is 1. The summed E-state index contributed by atoms with van der Waals surface area (Å²) in [6, 6.07) is 0. The molecule has 3 heteroatoms. The van der Waals surface area contributed by atoms with Crippen molar-refractivity contribution >= 4 is 5.82 Å². The van der Waals surface area contributed by atoms with Gasteiger partial charge in [-0.05, 0) is 12.8 Å². The SMILES string of the molecule is CCCCCc1[nH]cnc1N. The van der Waals surface area contributed by atoms with Crippen LogP contribution in [0.2, 0.25) is 0 Å². The molecule has 11 heavy (non-hydrogen) atoms. The molecule has 0 spiro atoms. The Hall–Kier alpha value is -0.990. The number of H-pyrrole nitrogens is 1. The average molecular weight is 153 g/mol. The predicted octanol–water partition coefficient (Wildman–Crippen LogP) is 1.72. The van der Waals surface area contributed by atoms with E-state index in [1.807, 2.05) is 0 Å². The molecule has 0 fully saturated rings. The zero-order valence-electron chi connectivity index (χ0n) is 6.93. The first-order chi connectivity index (χ1) is 5.34. The van der Waals surface area contributed by atoms with Gasteiger partial charge in [0, 0.05) is 0 Å². The van der Waals surface area contributed by atoms with Crippen LogP contribution in [0.25, 0.3) is 0 Å². The second-order valence-corrected chi connectivity index (χ2v) is 2.72. The third kappa shape index (κ3) is 2.26. The van der Waals surface area contributed by atoms with E-state index in [0.29, 0.717) is 5.82 Å². The number of rotatable bonds is 4. The number of hydrogen-bond acceptors (Lipinski definition) is 2. The van der Waals surface area contributed by atoms with E-state index < -0.39 is 0 Å². The van der Waals surface area contributed by atoms with Crippen LogP contribution in [0.15, 0.2) is 6.33 Å². The van der Waals surface area contributed by atoms with E-state index in [9.17, 15) is 0 Å². The number of imidazole rings is 1. The van der Waals surface area contributed by atoms with Crippen LogP contribution in [0.4, 0.5) is 5.82 Å². The van der Waals surface area contributed by atoms with Crippen molar-refractivity contribution < 1.29 is 0 Å². The molecule has 0 amide bonds. The normalized spacial score (nSPS) is 10.3. The lowest BCUT2D eigenvalue weighted by Crippen LogP contribution is -1.93. The second kappa shape index (κ2) is 4.01. The quantitative estimate of drug-likeness (QED) is 0.647. The van der Waals surface area contributed by atoms with E-state index in [2.05, 4.69) is 16.9 Å². The highest BCUT2D eigenvalue weighted by Crippen LogP contribution is 2.08. The van der Waals surface area contributed by atoms with Gasteiger partial charge in [0.1, 0.15) is 5.82 Å². The van der Waals surface area contributed by atoms with Gasteiger partial charge in [-0.3, -0.25) is 0 Å². The summed E-state index contributed by atoms with van der Waals surface area (Å²) in [4.78, 5) is 6.95. The molecule has 3 nitrogen and oxygen atoms in total. The zero-order chi connectivity index (χ0) is 8.10. The molecule has 0 aromatic carbocycles. The topological polar surface area (TPSA) is 54.7 Å². The first-order valence-electron chi connectivity index (χ1n) is 4.12. The Labute approximate surface area is 67.0 Å². The number of nitrogens with two attached hydrogens (primary N) is 1. The lowest BCUT2D eigenvalue weighted by atomic mass is 10.1. The van der Waals surface area contributed by atoms with Gasteiger partial charge >= 0.3 is 0 Å². The summed E-state index contributed by atoms with van der Waals surface area (Å²) < 4.78 is 0. The molecule has 0 saturated heterocycles. The van der Waals surface area contributed by atoms with Crippen LogP contribution in [0.5, 0.6) is 0 Å². The number of unbranched alkanes of at least 4 members (excludes halogenated alkanes) is 2. The maximum absolute atomic E-state index is 5.58. The predicted molar refractivity (Wildman–Crippen MR) is 46.2 cm³/mol. The van der Waals surface area contributed by atoms with Crippen molar-refractivity contribution in [3.63, 3.8) is 0 Å². The molecule has 1 rings (SSSR count). The monoisotopic (exact) mass is 153 g/mol. The van der Waals surface area contributed by atoms with Gasteiger partial charge in [0.25, 0.3) is 0 Å². The van der Waals surface area contributed by atoms with Crippen LogP contribution in [-0.2, 0) is 6.42 Å². The number of nitrogens with zero attached hydrogens (tertiary/aromatic N) is 1. The summed E-state index contributed by atoms with van der Waals surface area (Å²) in [5.41, 5.74) is 6.66. The third-order valence-corrected chi connectivity index (χ3v) is 1.78. The molecule has 0 radical (unpaired) electrons. The van der Waals surface area contributed by atoms with Crippen molar-refractivity contribution in [3.8, 4) is 0 Å². The highest BCUT2D eigenvalue weighted by Gasteiger charge is 1.99. The number of aromatic nitrogens is 2. The Kier molecular flexibility index (Phi) is 2.95. The highest BCUT2D eigenvalue weighted by atomic mass is 15.0. The van der Waals surface area contributed by atoms with Gasteiger partial charge in [0.05, 0.1) is 12.0 Å². The minimum Gasteiger partial charge on any atom is -0.382 e. The van der Waals surface area contributed by atoms with E-state index in [0.717, 1.165) is 12.1 Å². The first kappa shape index (κ1) is 8.11. The molecule has 0 saturated carbocycles. The lowest BCUT2D eigenvalue weighted by molar-refractivity contribution is 0.710. The molecule has 0 aliphatic rings. The summed E-state index contributed by atoms with van der Waals surface area (Å²) in [5, 5.41) is 0. The molecule has 1 heterocycles. The van der Waals surface area contributed by atoms with E-state index in [1.165, 1.54) is 19.3 Å². The van der Waals surface area contributed by atoms with Crippen LogP contribution in [0.1, 0.15) is 31.9 Å². The van der Waals surface area contributed by atoms with E-state index in [-0.39, 0.29) is 0 Å². The molecule has 0 atom stereocenters. The largest absolute Gasteiger partial charge is 0.382 e. The minimum atomic E-state index is 0.654. The Balaban J connectivity index is 2.32. The van der Waals surface area contributed by atoms with Crippen LogP contribution in [0.3, 0.4) is 0 Å². The van der Waals surface area contributed by atoms with E-state index in [4.69, 9.17) is 5.73 Å². The Morgan fingerprint density at radius 3 is 2.91 bits per heavy atom. The fourth-order valence-electron chi connectivity index (χ4n) is 1.08. The maximum Gasteiger partial charge on any atom is 0.144 e. The van der Waals surface area contributed by atoms with Crippen molar-refractivity contribution in [2.45, 2.75) is 32.6 Å². The van der Waals surface area contributed by atoms with Crippen molar-refractivity contribution in [1.82, 2.24) is 9.97 Å². The Morgan fingerprint density at radius 1 is 1.55 bits per heavy atom. The van der Waals surface area contributed by atoms with Crippen LogP contribution in [0, 0.1) is 0 Å². The van der Waals surface area contributed by atoms with Gasteiger partial charge < -0.3 is 10.7 Å². The van der Waals surface area contributed by atoms with Gasteiger partial charge in [-0.25, -0.2) is 4.98 Å². The zero-order valence-corrected chi connectivity index (χ0v) is 6.93. The highest BCUT2D eigenvalue weighted by molar-refractivity contribution is 5.33. The summed E-state index contributed by atoms with van der Waals surface area (Å²) in [6.45, 7) is 2.19. The molecular weight excluding hydrogens is 138 g/mol. The maximum atomic E-state index is 5.58. The number of nitrogens with one attached hydrogen (secondary N) is 1. The van der Waals surface area contributed by atoms with Gasteiger partial charge in [-0.15, -0.1) is 0 Å². The molecular formula is C8H15N3.